The summed E-state index contributed by atoms with van der Waals surface area (Å²) in [6, 6.07) is 13.6. The monoisotopic (exact) mass is 522 g/mol. The van der Waals surface area contributed by atoms with Gasteiger partial charge in [0, 0.05) is 30.2 Å². The zero-order valence-corrected chi connectivity index (χ0v) is 22.1. The number of amides is 3. The van der Waals surface area contributed by atoms with Gasteiger partial charge in [-0.1, -0.05) is 18.2 Å². The smallest absolute Gasteiger partial charge is 0.332 e. The zero-order chi connectivity index (χ0) is 26.2. The Morgan fingerprint density at radius 2 is 1.97 bits per heavy atom. The molecule has 0 aliphatic carbocycles. The molecule has 2 saturated heterocycles. The predicted octanol–water partition coefficient (Wildman–Crippen LogP) is 5.46. The Morgan fingerprint density at radius 1 is 1.16 bits per heavy atom. The van der Waals surface area contributed by atoms with Gasteiger partial charge in [0.1, 0.15) is 17.1 Å². The lowest BCUT2D eigenvalue weighted by atomic mass is 9.81. The molecule has 3 aromatic rings. The van der Waals surface area contributed by atoms with Gasteiger partial charge in [-0.2, -0.15) is 0 Å². The van der Waals surface area contributed by atoms with Crippen LogP contribution in [0.25, 0.3) is 0 Å². The number of carbonyl (C=O) groups excluding carboxylic acids is 2. The number of piperidine rings is 1. The maximum Gasteiger partial charge on any atom is 0.332 e. The van der Waals surface area contributed by atoms with Crippen molar-refractivity contribution in [2.45, 2.75) is 64.4 Å². The van der Waals surface area contributed by atoms with Crippen molar-refractivity contribution in [2.75, 3.05) is 11.4 Å². The number of urea groups is 1. The van der Waals surface area contributed by atoms with Gasteiger partial charge in [0.2, 0.25) is 0 Å². The van der Waals surface area contributed by atoms with Crippen molar-refractivity contribution in [2.24, 2.45) is 0 Å². The predicted molar refractivity (Wildman–Crippen MR) is 141 cm³/mol. The van der Waals surface area contributed by atoms with Gasteiger partial charge in [-0.25, -0.2) is 14.2 Å². The summed E-state index contributed by atoms with van der Waals surface area (Å²) in [6.07, 6.45) is 0.994. The number of aromatic nitrogens is 1. The molecule has 1 unspecified atom stereocenters. The normalized spacial score (nSPS) is 22.5. The van der Waals surface area contributed by atoms with Crippen LogP contribution in [-0.2, 0) is 17.9 Å². The second-order valence-corrected chi connectivity index (χ2v) is 10.8. The summed E-state index contributed by atoms with van der Waals surface area (Å²) in [5, 5.41) is 1.83. The average Bonchev–Trinajstić information content (AvgIpc) is 3.43. The van der Waals surface area contributed by atoms with E-state index in [4.69, 9.17) is 4.74 Å². The van der Waals surface area contributed by atoms with Crippen molar-refractivity contribution < 1.29 is 18.7 Å². The number of nitrogens with zero attached hydrogens (tertiary/aromatic N) is 4. The van der Waals surface area contributed by atoms with Gasteiger partial charge in [0.25, 0.3) is 5.91 Å². The van der Waals surface area contributed by atoms with E-state index in [1.54, 1.807) is 17.6 Å². The molecule has 3 amide bonds. The number of benzene rings is 2. The Labute approximate surface area is 220 Å². The molecule has 0 bridgehead atoms. The second kappa shape index (κ2) is 10.2. The molecule has 7 nitrogen and oxygen atoms in total. The molecule has 1 aromatic heterocycles. The highest BCUT2D eigenvalue weighted by Gasteiger charge is 2.59. The van der Waals surface area contributed by atoms with E-state index >= 15 is 0 Å². The van der Waals surface area contributed by atoms with Gasteiger partial charge in [0.15, 0.2) is 0 Å². The lowest BCUT2D eigenvalue weighted by Gasteiger charge is -2.45. The fraction of sp³-hybridized carbons (Fsp3) is 0.393. The van der Waals surface area contributed by atoms with Crippen LogP contribution in [0.5, 0.6) is 5.75 Å². The summed E-state index contributed by atoms with van der Waals surface area (Å²) in [4.78, 5) is 37.0. The minimum Gasteiger partial charge on any atom is -0.491 e. The van der Waals surface area contributed by atoms with E-state index in [1.165, 1.54) is 33.3 Å². The van der Waals surface area contributed by atoms with Crippen molar-refractivity contribution in [3.05, 3.63) is 76.5 Å². The third-order valence-electron chi connectivity index (χ3n) is 7.09. The molecule has 194 valence electrons. The first-order valence-electron chi connectivity index (χ1n) is 12.6. The van der Waals surface area contributed by atoms with Gasteiger partial charge in [-0.05, 0) is 69.5 Å². The largest absolute Gasteiger partial charge is 0.491 e. The van der Waals surface area contributed by atoms with E-state index in [-0.39, 0.29) is 24.6 Å². The molecule has 2 aromatic carbocycles. The molecule has 0 N–H and O–H groups in total. The summed E-state index contributed by atoms with van der Waals surface area (Å²) in [5.41, 5.74) is 2.80. The number of hydrogen-bond acceptors (Lipinski definition) is 6. The summed E-state index contributed by atoms with van der Waals surface area (Å²) < 4.78 is 20.1. The maximum atomic E-state index is 14.2. The van der Waals surface area contributed by atoms with Crippen molar-refractivity contribution in [1.29, 1.82) is 0 Å². The van der Waals surface area contributed by atoms with Crippen molar-refractivity contribution in [1.82, 2.24) is 14.8 Å². The Bertz CT molecular complexity index is 1280. The van der Waals surface area contributed by atoms with Crippen molar-refractivity contribution in [3.63, 3.8) is 0 Å². The topological polar surface area (TPSA) is 66.0 Å². The summed E-state index contributed by atoms with van der Waals surface area (Å²) >= 11 is 1.42. The Kier molecular flexibility index (Phi) is 7.00. The molecule has 37 heavy (non-hydrogen) atoms. The number of hydrogen-bond donors (Lipinski definition) is 0. The Hall–Kier alpha value is -3.30. The van der Waals surface area contributed by atoms with Crippen LogP contribution in [-0.4, -0.2) is 51.0 Å². The lowest BCUT2D eigenvalue weighted by molar-refractivity contribution is -0.133. The fourth-order valence-electron chi connectivity index (χ4n) is 5.45. The number of imide groups is 1. The van der Waals surface area contributed by atoms with Crippen LogP contribution in [0.1, 0.15) is 44.9 Å². The lowest BCUT2D eigenvalue weighted by Crippen LogP contribution is -2.59. The summed E-state index contributed by atoms with van der Waals surface area (Å²) in [7, 11) is 0. The number of halogens is 1. The standard InChI is InChI=1S/C28H31FN4O3S/c1-19(2)36-25-9-4-6-21(12-25)15-31-11-10-28(14-20(31)3)26(34)32(16-23-17-37-18-30-23)27(35)33(28)24-8-5-7-22(29)13-24/h4-9,12-13,17-20H,10-11,14-16H2,1-3H3/t20-,28?/m0/s1. The molecule has 2 atom stereocenters. The number of likely N-dealkylation sites (tertiary alicyclic amines) is 1. The van der Waals surface area contributed by atoms with Gasteiger partial charge in [-0.3, -0.25) is 19.5 Å². The third-order valence-corrected chi connectivity index (χ3v) is 7.72. The molecule has 9 heteroatoms. The zero-order valence-electron chi connectivity index (χ0n) is 21.3. The first kappa shape index (κ1) is 25.4. The Balaban J connectivity index is 1.42. The number of thiazole rings is 1. The molecular weight excluding hydrogens is 491 g/mol. The van der Waals surface area contributed by atoms with E-state index in [9.17, 15) is 14.0 Å². The van der Waals surface area contributed by atoms with Gasteiger partial charge >= 0.3 is 6.03 Å². The summed E-state index contributed by atoms with van der Waals surface area (Å²) in [6.45, 7) is 7.51. The Morgan fingerprint density at radius 3 is 2.68 bits per heavy atom. The van der Waals surface area contributed by atoms with Crippen LogP contribution < -0.4 is 9.64 Å². The molecule has 2 aliphatic rings. The van der Waals surface area contributed by atoms with Crippen LogP contribution in [0.15, 0.2) is 59.4 Å². The molecule has 0 radical (unpaired) electrons. The SMILES string of the molecule is CC(C)Oc1cccc(CN2CCC3(C[C@@H]2C)C(=O)N(Cc2cscn2)C(=O)N3c2cccc(F)c2)c1. The number of ether oxygens (including phenoxy) is 1. The van der Waals surface area contributed by atoms with Crippen LogP contribution in [0, 0.1) is 5.82 Å². The van der Waals surface area contributed by atoms with E-state index in [0.717, 1.165) is 11.3 Å². The molecule has 5 rings (SSSR count). The van der Waals surface area contributed by atoms with Gasteiger partial charge < -0.3 is 4.74 Å². The summed E-state index contributed by atoms with van der Waals surface area (Å²) in [5.74, 6) is 0.147. The first-order valence-corrected chi connectivity index (χ1v) is 13.5. The van der Waals surface area contributed by atoms with Crippen LogP contribution in [0.4, 0.5) is 14.9 Å². The second-order valence-electron chi connectivity index (χ2n) is 10.1. The highest BCUT2D eigenvalue weighted by molar-refractivity contribution is 7.07. The van der Waals surface area contributed by atoms with E-state index in [0.29, 0.717) is 37.3 Å². The number of anilines is 1. The van der Waals surface area contributed by atoms with Crippen LogP contribution in [0.2, 0.25) is 0 Å². The highest BCUT2D eigenvalue weighted by Crippen LogP contribution is 2.43. The quantitative estimate of drug-likeness (QED) is 0.386. The molecule has 1 spiro atoms. The number of rotatable bonds is 7. The molecule has 2 aliphatic heterocycles. The molecular formula is C28H31FN4O3S. The van der Waals surface area contributed by atoms with Crippen LogP contribution >= 0.6 is 11.3 Å². The van der Waals surface area contributed by atoms with Crippen molar-refractivity contribution in [3.8, 4) is 5.75 Å². The first-order chi connectivity index (χ1) is 17.8. The van der Waals surface area contributed by atoms with Crippen LogP contribution in [0.3, 0.4) is 0 Å². The van der Waals surface area contributed by atoms with E-state index in [2.05, 4.69) is 28.9 Å². The molecule has 0 saturated carbocycles. The van der Waals surface area contributed by atoms with Gasteiger partial charge in [-0.15, -0.1) is 11.3 Å². The number of carbonyl (C=O) groups is 2. The molecule has 3 heterocycles. The minimum atomic E-state index is -1.07. The molecule has 2 fully saturated rings. The minimum absolute atomic E-state index is 0.00968. The van der Waals surface area contributed by atoms with Gasteiger partial charge in [0.05, 0.1) is 23.9 Å². The van der Waals surface area contributed by atoms with E-state index < -0.39 is 17.4 Å². The fourth-order valence-corrected chi connectivity index (χ4v) is 6.00. The maximum absolute atomic E-state index is 14.2. The third kappa shape index (κ3) is 4.98. The van der Waals surface area contributed by atoms with Crippen molar-refractivity contribution >= 4 is 29.0 Å². The average molecular weight is 523 g/mol. The highest BCUT2D eigenvalue weighted by atomic mass is 32.1. The van der Waals surface area contributed by atoms with E-state index in [1.807, 2.05) is 31.4 Å².